The molecule has 6 aliphatic rings. The molecule has 0 aromatic rings. The van der Waals surface area contributed by atoms with E-state index < -0.39 is 22.8 Å². The fourth-order valence-corrected chi connectivity index (χ4v) is 5.15. The summed E-state index contributed by atoms with van der Waals surface area (Å²) >= 11 is 0. The Morgan fingerprint density at radius 3 is 1.12 bits per heavy atom. The van der Waals surface area contributed by atoms with E-state index in [2.05, 4.69) is 0 Å². The van der Waals surface area contributed by atoms with Gasteiger partial charge in [0.15, 0.2) is 0 Å². The average molecular weight is 222 g/mol. The molecular formula is C12H14O4. The topological polar surface area (TPSA) is 74.6 Å². The Bertz CT molecular complexity index is 368. The summed E-state index contributed by atoms with van der Waals surface area (Å²) in [4.78, 5) is 22.0. The van der Waals surface area contributed by atoms with Crippen molar-refractivity contribution in [1.82, 2.24) is 0 Å². The fourth-order valence-electron chi connectivity index (χ4n) is 5.15. The Morgan fingerprint density at radius 1 is 0.688 bits per heavy atom. The summed E-state index contributed by atoms with van der Waals surface area (Å²) in [6.07, 6.45) is 4.86. The standard InChI is InChI=1S/C12H14O4/c13-7(14)9-1-11(2-9,3-9)12-4-10(5-12,6-12)8(15)16/h1-6H2,(H,13,14)(H,15,16). The number of carboxylic acid groups (broad SMARTS) is 2. The van der Waals surface area contributed by atoms with Gasteiger partial charge in [0.2, 0.25) is 0 Å². The first-order chi connectivity index (χ1) is 7.38. The van der Waals surface area contributed by atoms with Gasteiger partial charge in [-0.05, 0) is 49.4 Å². The molecule has 0 amide bonds. The lowest BCUT2D eigenvalue weighted by molar-refractivity contribution is -0.367. The van der Waals surface area contributed by atoms with Crippen LogP contribution in [0.1, 0.15) is 38.5 Å². The number of carboxylic acids is 2. The molecule has 4 nitrogen and oxygen atoms in total. The van der Waals surface area contributed by atoms with E-state index in [9.17, 15) is 9.59 Å². The molecule has 0 aliphatic heterocycles. The molecule has 4 bridgehead atoms. The predicted octanol–water partition coefficient (Wildman–Crippen LogP) is 1.50. The first-order valence-corrected chi connectivity index (χ1v) is 5.85. The van der Waals surface area contributed by atoms with E-state index in [0.29, 0.717) is 0 Å². The van der Waals surface area contributed by atoms with Gasteiger partial charge in [-0.3, -0.25) is 9.59 Å². The Hall–Kier alpha value is -1.06. The molecule has 6 saturated carbocycles. The minimum atomic E-state index is -0.645. The second-order valence-corrected chi connectivity index (χ2v) is 6.79. The maximum atomic E-state index is 11.0. The van der Waals surface area contributed by atoms with Gasteiger partial charge >= 0.3 is 11.9 Å². The van der Waals surface area contributed by atoms with Gasteiger partial charge in [-0.1, -0.05) is 0 Å². The van der Waals surface area contributed by atoms with Crippen LogP contribution in [0.3, 0.4) is 0 Å². The summed E-state index contributed by atoms with van der Waals surface area (Å²) in [7, 11) is 0. The molecular weight excluding hydrogens is 208 g/mol. The minimum Gasteiger partial charge on any atom is -0.481 e. The molecule has 6 rings (SSSR count). The summed E-state index contributed by atoms with van der Waals surface area (Å²) in [5, 5.41) is 18.1. The third-order valence-corrected chi connectivity index (χ3v) is 6.09. The highest BCUT2D eigenvalue weighted by atomic mass is 16.4. The normalized spacial score (nSPS) is 59.8. The van der Waals surface area contributed by atoms with Crippen molar-refractivity contribution in [3.8, 4) is 0 Å². The number of hydrogen-bond donors (Lipinski definition) is 2. The number of aliphatic carboxylic acids is 2. The van der Waals surface area contributed by atoms with E-state index in [1.54, 1.807) is 0 Å². The lowest BCUT2D eigenvalue weighted by Gasteiger charge is -2.85. The van der Waals surface area contributed by atoms with Crippen LogP contribution in [-0.2, 0) is 9.59 Å². The van der Waals surface area contributed by atoms with Crippen molar-refractivity contribution in [2.75, 3.05) is 0 Å². The fraction of sp³-hybridized carbons (Fsp3) is 0.833. The van der Waals surface area contributed by atoms with Crippen LogP contribution in [0.2, 0.25) is 0 Å². The van der Waals surface area contributed by atoms with Gasteiger partial charge in [-0.15, -0.1) is 0 Å². The van der Waals surface area contributed by atoms with Gasteiger partial charge in [0.1, 0.15) is 0 Å². The van der Waals surface area contributed by atoms with Crippen LogP contribution >= 0.6 is 0 Å². The average Bonchev–Trinajstić information content (AvgIpc) is 1.82. The molecule has 2 N–H and O–H groups in total. The third-order valence-electron chi connectivity index (χ3n) is 6.09. The Morgan fingerprint density at radius 2 is 0.938 bits per heavy atom. The quantitative estimate of drug-likeness (QED) is 0.758. The summed E-state index contributed by atoms with van der Waals surface area (Å²) in [6, 6.07) is 0. The van der Waals surface area contributed by atoms with E-state index >= 15 is 0 Å². The molecule has 0 radical (unpaired) electrons. The highest BCUT2D eigenvalue weighted by Crippen LogP contribution is 2.91. The molecule has 6 aliphatic carbocycles. The minimum absolute atomic E-state index is 0.225. The van der Waals surface area contributed by atoms with E-state index in [-0.39, 0.29) is 10.8 Å². The Kier molecular flexibility index (Phi) is 1.08. The van der Waals surface area contributed by atoms with E-state index in [0.717, 1.165) is 38.5 Å². The molecule has 0 heterocycles. The van der Waals surface area contributed by atoms with Crippen LogP contribution in [0.5, 0.6) is 0 Å². The first kappa shape index (κ1) is 9.02. The van der Waals surface area contributed by atoms with E-state index in [1.807, 2.05) is 0 Å². The number of carbonyl (C=O) groups is 2. The van der Waals surface area contributed by atoms with Crippen molar-refractivity contribution >= 4 is 11.9 Å². The van der Waals surface area contributed by atoms with Crippen LogP contribution in [-0.4, -0.2) is 22.2 Å². The molecule has 0 saturated heterocycles. The highest BCUT2D eigenvalue weighted by molar-refractivity contribution is 5.82. The lowest BCUT2D eigenvalue weighted by atomic mass is 9.17. The Balaban J connectivity index is 1.51. The van der Waals surface area contributed by atoms with Crippen molar-refractivity contribution in [3.63, 3.8) is 0 Å². The third kappa shape index (κ3) is 0.590. The molecule has 0 unspecified atom stereocenters. The second-order valence-electron chi connectivity index (χ2n) is 6.79. The van der Waals surface area contributed by atoms with Crippen LogP contribution < -0.4 is 0 Å². The zero-order valence-electron chi connectivity index (χ0n) is 8.95. The monoisotopic (exact) mass is 222 g/mol. The zero-order valence-corrected chi connectivity index (χ0v) is 8.95. The van der Waals surface area contributed by atoms with Gasteiger partial charge in [0.05, 0.1) is 10.8 Å². The highest BCUT2D eigenvalue weighted by Gasteiger charge is 2.87. The molecule has 0 atom stereocenters. The molecule has 0 aromatic heterocycles. The van der Waals surface area contributed by atoms with Gasteiger partial charge in [-0.25, -0.2) is 0 Å². The predicted molar refractivity (Wildman–Crippen MR) is 52.7 cm³/mol. The molecule has 6 fully saturated rings. The summed E-state index contributed by atoms with van der Waals surface area (Å²) in [5.74, 6) is -1.29. The SMILES string of the molecule is O=C(O)C12CC(C34CC(C(=O)O)(C3)C4)(C1)C2. The smallest absolute Gasteiger partial charge is 0.309 e. The van der Waals surface area contributed by atoms with Gasteiger partial charge in [-0.2, -0.15) is 0 Å². The van der Waals surface area contributed by atoms with Crippen LogP contribution in [0.4, 0.5) is 0 Å². The molecule has 0 spiro atoms. The largest absolute Gasteiger partial charge is 0.481 e. The zero-order chi connectivity index (χ0) is 11.4. The van der Waals surface area contributed by atoms with Crippen LogP contribution in [0.15, 0.2) is 0 Å². The summed E-state index contributed by atoms with van der Waals surface area (Å²) in [5.41, 5.74) is -0.372. The van der Waals surface area contributed by atoms with Crippen molar-refractivity contribution < 1.29 is 19.8 Å². The Labute approximate surface area is 92.6 Å². The van der Waals surface area contributed by atoms with E-state index in [1.165, 1.54) is 0 Å². The molecule has 86 valence electrons. The van der Waals surface area contributed by atoms with Crippen LogP contribution in [0.25, 0.3) is 0 Å². The maximum Gasteiger partial charge on any atom is 0.309 e. The van der Waals surface area contributed by atoms with Crippen molar-refractivity contribution in [2.45, 2.75) is 38.5 Å². The second kappa shape index (κ2) is 1.91. The molecule has 16 heavy (non-hydrogen) atoms. The van der Waals surface area contributed by atoms with Crippen molar-refractivity contribution in [1.29, 1.82) is 0 Å². The van der Waals surface area contributed by atoms with Gasteiger partial charge in [0.25, 0.3) is 0 Å². The van der Waals surface area contributed by atoms with E-state index in [4.69, 9.17) is 10.2 Å². The summed E-state index contributed by atoms with van der Waals surface area (Å²) < 4.78 is 0. The van der Waals surface area contributed by atoms with Gasteiger partial charge in [0, 0.05) is 0 Å². The molecule has 4 heteroatoms. The first-order valence-electron chi connectivity index (χ1n) is 5.85. The number of rotatable bonds is 3. The lowest BCUT2D eigenvalue weighted by Crippen LogP contribution is -2.81. The van der Waals surface area contributed by atoms with Crippen molar-refractivity contribution in [3.05, 3.63) is 0 Å². The van der Waals surface area contributed by atoms with Crippen LogP contribution in [0, 0.1) is 21.7 Å². The maximum absolute atomic E-state index is 11.0. The van der Waals surface area contributed by atoms with Crippen molar-refractivity contribution in [2.24, 2.45) is 21.7 Å². The molecule has 0 aromatic carbocycles. The number of hydrogen-bond acceptors (Lipinski definition) is 2. The summed E-state index contributed by atoms with van der Waals surface area (Å²) in [6.45, 7) is 0. The van der Waals surface area contributed by atoms with Gasteiger partial charge < -0.3 is 10.2 Å².